The highest BCUT2D eigenvalue weighted by Crippen LogP contribution is 2.31. The minimum Gasteiger partial charge on any atom is -0.365 e. The van der Waals surface area contributed by atoms with E-state index in [1.807, 2.05) is 18.2 Å². The van der Waals surface area contributed by atoms with Crippen molar-refractivity contribution in [1.82, 2.24) is 5.43 Å². The Balaban J connectivity index is 1.71. The van der Waals surface area contributed by atoms with Crippen molar-refractivity contribution in [2.45, 2.75) is 12.5 Å². The van der Waals surface area contributed by atoms with Crippen LogP contribution in [0.15, 0.2) is 59.7 Å². The lowest BCUT2D eigenvalue weighted by molar-refractivity contribution is 0.0870. The van der Waals surface area contributed by atoms with Crippen LogP contribution in [0.4, 0.5) is 5.69 Å². The molecule has 4 heteroatoms. The molecule has 0 fully saturated rings. The zero-order valence-corrected chi connectivity index (χ0v) is 11.7. The number of anilines is 1. The number of hydrogen-bond donors (Lipinski definition) is 1. The Morgan fingerprint density at radius 1 is 1.05 bits per heavy atom. The lowest BCUT2D eigenvalue weighted by atomic mass is 9.96. The van der Waals surface area contributed by atoms with Crippen molar-refractivity contribution in [3.63, 3.8) is 0 Å². The third-order valence-electron chi connectivity index (χ3n) is 3.99. The van der Waals surface area contributed by atoms with Gasteiger partial charge in [-0.3, -0.25) is 5.43 Å². The molecule has 106 valence electrons. The first-order chi connectivity index (χ1) is 10.4. The van der Waals surface area contributed by atoms with Crippen molar-refractivity contribution in [2.24, 2.45) is 5.10 Å². The van der Waals surface area contributed by atoms with Gasteiger partial charge < -0.3 is 9.64 Å². The molecule has 0 saturated carbocycles. The first kappa shape index (κ1) is 12.4. The van der Waals surface area contributed by atoms with Crippen LogP contribution in [0, 0.1) is 0 Å². The van der Waals surface area contributed by atoms with Crippen LogP contribution in [-0.2, 0) is 11.2 Å². The van der Waals surface area contributed by atoms with Crippen LogP contribution in [0.2, 0.25) is 0 Å². The quantitative estimate of drug-likeness (QED) is 0.918. The molecular formula is C17H17N3O. The summed E-state index contributed by atoms with van der Waals surface area (Å²) in [5, 5.41) is 4.48. The first-order valence-electron chi connectivity index (χ1n) is 7.26. The molecule has 2 aliphatic rings. The Kier molecular flexibility index (Phi) is 3.09. The lowest BCUT2D eigenvalue weighted by Crippen LogP contribution is -2.36. The summed E-state index contributed by atoms with van der Waals surface area (Å²) in [5.74, 6) is 0.938. The number of nitrogens with one attached hydrogen (secondary N) is 1. The van der Waals surface area contributed by atoms with Gasteiger partial charge in [0, 0.05) is 5.69 Å². The Morgan fingerprint density at radius 2 is 1.86 bits per heavy atom. The molecule has 2 aromatic rings. The highest BCUT2D eigenvalue weighted by atomic mass is 16.5. The zero-order valence-electron chi connectivity index (χ0n) is 11.7. The SMILES string of the molecule is c1ccc(N2CNN=C2C2OCCc3ccccc32)cc1. The maximum atomic E-state index is 6.03. The van der Waals surface area contributed by atoms with Gasteiger partial charge >= 0.3 is 0 Å². The summed E-state index contributed by atoms with van der Waals surface area (Å²) in [6.45, 7) is 1.42. The number of rotatable bonds is 2. The molecule has 0 saturated heterocycles. The van der Waals surface area contributed by atoms with E-state index in [-0.39, 0.29) is 6.10 Å². The monoisotopic (exact) mass is 279 g/mol. The number of hydrogen-bond acceptors (Lipinski definition) is 4. The van der Waals surface area contributed by atoms with Crippen LogP contribution in [-0.4, -0.2) is 19.1 Å². The van der Waals surface area contributed by atoms with Crippen LogP contribution in [0.3, 0.4) is 0 Å². The fraction of sp³-hybridized carbons (Fsp3) is 0.235. The van der Waals surface area contributed by atoms with Gasteiger partial charge in [-0.15, -0.1) is 0 Å². The second kappa shape index (κ2) is 5.22. The number of nitrogens with zero attached hydrogens (tertiary/aromatic N) is 2. The molecule has 0 radical (unpaired) electrons. The average molecular weight is 279 g/mol. The van der Waals surface area contributed by atoms with Crippen molar-refractivity contribution in [2.75, 3.05) is 18.2 Å². The molecule has 2 aromatic carbocycles. The van der Waals surface area contributed by atoms with Gasteiger partial charge in [0.25, 0.3) is 0 Å². The predicted octanol–water partition coefficient (Wildman–Crippen LogP) is 2.68. The van der Waals surface area contributed by atoms with E-state index in [1.165, 1.54) is 11.1 Å². The maximum Gasteiger partial charge on any atom is 0.164 e. The van der Waals surface area contributed by atoms with Gasteiger partial charge in [-0.1, -0.05) is 42.5 Å². The Labute approximate surface area is 124 Å². The standard InChI is InChI=1S/C17H17N3O/c1-2-7-14(8-3-1)20-12-18-19-17(20)16-15-9-5-4-6-13(15)10-11-21-16/h1-9,16,18H,10-12H2. The summed E-state index contributed by atoms with van der Waals surface area (Å²) in [4.78, 5) is 2.17. The predicted molar refractivity (Wildman–Crippen MR) is 83.2 cm³/mol. The molecule has 1 unspecified atom stereocenters. The van der Waals surface area contributed by atoms with Crippen molar-refractivity contribution in [1.29, 1.82) is 0 Å². The first-order valence-corrected chi connectivity index (χ1v) is 7.26. The average Bonchev–Trinajstić information content (AvgIpc) is 3.04. The molecule has 2 heterocycles. The Morgan fingerprint density at radius 3 is 2.76 bits per heavy atom. The van der Waals surface area contributed by atoms with E-state index in [0.29, 0.717) is 6.67 Å². The molecule has 0 bridgehead atoms. The van der Waals surface area contributed by atoms with E-state index in [2.05, 4.69) is 51.8 Å². The van der Waals surface area contributed by atoms with Crippen molar-refractivity contribution in [3.8, 4) is 0 Å². The molecule has 21 heavy (non-hydrogen) atoms. The largest absolute Gasteiger partial charge is 0.365 e. The van der Waals surface area contributed by atoms with Gasteiger partial charge in [0.1, 0.15) is 12.8 Å². The number of para-hydroxylation sites is 1. The summed E-state index contributed by atoms with van der Waals surface area (Å²) >= 11 is 0. The lowest BCUT2D eigenvalue weighted by Gasteiger charge is -2.30. The summed E-state index contributed by atoms with van der Waals surface area (Å²) < 4.78 is 6.03. The molecule has 0 aromatic heterocycles. The number of fused-ring (bicyclic) bond motifs is 1. The fourth-order valence-corrected chi connectivity index (χ4v) is 2.97. The number of hydrazone groups is 1. The summed E-state index contributed by atoms with van der Waals surface area (Å²) in [6, 6.07) is 18.8. The van der Waals surface area contributed by atoms with Gasteiger partial charge in [-0.25, -0.2) is 0 Å². The highest BCUT2D eigenvalue weighted by molar-refractivity contribution is 6.02. The smallest absolute Gasteiger partial charge is 0.164 e. The highest BCUT2D eigenvalue weighted by Gasteiger charge is 2.32. The van der Waals surface area contributed by atoms with Crippen molar-refractivity contribution < 1.29 is 4.74 Å². The second-order valence-electron chi connectivity index (χ2n) is 5.25. The topological polar surface area (TPSA) is 36.9 Å². The van der Waals surface area contributed by atoms with E-state index in [4.69, 9.17) is 4.74 Å². The van der Waals surface area contributed by atoms with E-state index in [9.17, 15) is 0 Å². The van der Waals surface area contributed by atoms with Crippen LogP contribution >= 0.6 is 0 Å². The Bertz CT molecular complexity index is 669. The molecular weight excluding hydrogens is 262 g/mol. The van der Waals surface area contributed by atoms with Gasteiger partial charge in [0.15, 0.2) is 5.84 Å². The van der Waals surface area contributed by atoms with Gasteiger partial charge in [-0.2, -0.15) is 5.10 Å². The molecule has 1 atom stereocenters. The van der Waals surface area contributed by atoms with Crippen LogP contribution in [0.1, 0.15) is 17.2 Å². The molecule has 0 amide bonds. The molecule has 0 spiro atoms. The van der Waals surface area contributed by atoms with Crippen LogP contribution < -0.4 is 10.3 Å². The van der Waals surface area contributed by atoms with E-state index < -0.39 is 0 Å². The third kappa shape index (κ3) is 2.17. The van der Waals surface area contributed by atoms with Gasteiger partial charge in [0.05, 0.1) is 6.61 Å². The van der Waals surface area contributed by atoms with Crippen LogP contribution in [0.5, 0.6) is 0 Å². The van der Waals surface area contributed by atoms with Crippen LogP contribution in [0.25, 0.3) is 0 Å². The molecule has 4 rings (SSSR count). The molecule has 0 aliphatic carbocycles. The minimum atomic E-state index is -0.0924. The Hall–Kier alpha value is -2.33. The normalized spacial score (nSPS) is 20.7. The number of amidine groups is 1. The van der Waals surface area contributed by atoms with Crippen molar-refractivity contribution in [3.05, 3.63) is 65.7 Å². The van der Waals surface area contributed by atoms with Crippen molar-refractivity contribution >= 4 is 11.5 Å². The van der Waals surface area contributed by atoms with Gasteiger partial charge in [0.2, 0.25) is 0 Å². The van der Waals surface area contributed by atoms with Gasteiger partial charge in [-0.05, 0) is 29.7 Å². The fourth-order valence-electron chi connectivity index (χ4n) is 2.97. The summed E-state index contributed by atoms with van der Waals surface area (Å²) in [6.07, 6.45) is 0.879. The summed E-state index contributed by atoms with van der Waals surface area (Å²) in [5.41, 5.74) is 6.80. The second-order valence-corrected chi connectivity index (χ2v) is 5.25. The number of benzene rings is 2. The van der Waals surface area contributed by atoms with E-state index in [0.717, 1.165) is 24.6 Å². The molecule has 2 aliphatic heterocycles. The zero-order chi connectivity index (χ0) is 14.1. The summed E-state index contributed by atoms with van der Waals surface area (Å²) in [7, 11) is 0. The minimum absolute atomic E-state index is 0.0924. The third-order valence-corrected chi connectivity index (χ3v) is 3.99. The maximum absolute atomic E-state index is 6.03. The van der Waals surface area contributed by atoms with E-state index in [1.54, 1.807) is 0 Å². The molecule has 1 N–H and O–H groups in total. The van der Waals surface area contributed by atoms with E-state index >= 15 is 0 Å². The molecule has 4 nitrogen and oxygen atoms in total. The number of ether oxygens (including phenoxy) is 1.